The maximum absolute atomic E-state index is 14.3. The highest BCUT2D eigenvalue weighted by Gasteiger charge is 2.18. The van der Waals surface area contributed by atoms with Gasteiger partial charge in [-0.2, -0.15) is 0 Å². The normalized spacial score (nSPS) is 11.8. The Morgan fingerprint density at radius 3 is 2.72 bits per heavy atom. The predicted molar refractivity (Wildman–Crippen MR) is 124 cm³/mol. The Kier molecular flexibility index (Phi) is 6.35. The number of allylic oxidation sites excluding steroid dienone is 1. The molecule has 0 amide bonds. The molecule has 0 bridgehead atoms. The molecule has 2 aromatic carbocycles. The van der Waals surface area contributed by atoms with Gasteiger partial charge in [0.05, 0.1) is 6.54 Å². The highest BCUT2D eigenvalue weighted by Crippen LogP contribution is 2.38. The SMILES string of the molecule is C=C(O)c1ccc2c(c1)c(-c1cccc(N(C)SC)c1)c(C)n2C/C(F)=C/CN. The summed E-state index contributed by atoms with van der Waals surface area (Å²) >= 11 is 1.63. The van der Waals surface area contributed by atoms with Gasteiger partial charge in [0.1, 0.15) is 11.6 Å². The second-order valence-corrected chi connectivity index (χ2v) is 7.76. The van der Waals surface area contributed by atoms with E-state index >= 15 is 0 Å². The van der Waals surface area contributed by atoms with E-state index in [1.165, 1.54) is 6.08 Å². The molecule has 29 heavy (non-hydrogen) atoms. The highest BCUT2D eigenvalue weighted by molar-refractivity contribution is 7.99. The fourth-order valence-corrected chi connectivity index (χ4v) is 3.86. The summed E-state index contributed by atoms with van der Waals surface area (Å²) < 4.78 is 18.4. The van der Waals surface area contributed by atoms with Gasteiger partial charge in [-0.1, -0.05) is 30.7 Å². The summed E-state index contributed by atoms with van der Waals surface area (Å²) in [5.41, 5.74) is 11.1. The van der Waals surface area contributed by atoms with Crippen molar-refractivity contribution in [3.05, 3.63) is 72.2 Å². The molecule has 0 aliphatic rings. The van der Waals surface area contributed by atoms with Crippen molar-refractivity contribution in [1.29, 1.82) is 0 Å². The van der Waals surface area contributed by atoms with E-state index in [4.69, 9.17) is 5.73 Å². The van der Waals surface area contributed by atoms with Gasteiger partial charge in [-0.05, 0) is 48.9 Å². The summed E-state index contributed by atoms with van der Waals surface area (Å²) in [6, 6.07) is 13.9. The topological polar surface area (TPSA) is 54.4 Å². The number of nitrogens with zero attached hydrogens (tertiary/aromatic N) is 2. The van der Waals surface area contributed by atoms with Gasteiger partial charge >= 0.3 is 0 Å². The number of aromatic nitrogens is 1. The Bertz CT molecular complexity index is 1090. The molecule has 0 spiro atoms. The smallest absolute Gasteiger partial charge is 0.117 e. The molecule has 1 aromatic heterocycles. The molecule has 1 heterocycles. The summed E-state index contributed by atoms with van der Waals surface area (Å²) in [5, 5.41) is 10.8. The van der Waals surface area contributed by atoms with E-state index in [0.29, 0.717) is 5.56 Å². The van der Waals surface area contributed by atoms with Crippen LogP contribution in [0.25, 0.3) is 27.8 Å². The van der Waals surface area contributed by atoms with E-state index in [0.717, 1.165) is 33.4 Å². The zero-order valence-electron chi connectivity index (χ0n) is 16.9. The molecule has 3 N–H and O–H groups in total. The van der Waals surface area contributed by atoms with Crippen molar-refractivity contribution in [2.45, 2.75) is 13.5 Å². The van der Waals surface area contributed by atoms with Crippen molar-refractivity contribution in [3.8, 4) is 11.1 Å². The van der Waals surface area contributed by atoms with Gasteiger partial charge in [-0.25, -0.2) is 4.39 Å². The molecule has 0 atom stereocenters. The van der Waals surface area contributed by atoms with Crippen LogP contribution in [0, 0.1) is 6.92 Å². The molecule has 152 valence electrons. The molecular formula is C23H26FN3OS. The number of aliphatic hydroxyl groups excluding tert-OH is 1. The molecule has 0 saturated heterocycles. The van der Waals surface area contributed by atoms with Gasteiger partial charge in [-0.3, -0.25) is 0 Å². The molecule has 0 fully saturated rings. The molecule has 3 rings (SSSR count). The molecule has 3 aromatic rings. The molecule has 4 nitrogen and oxygen atoms in total. The third kappa shape index (κ3) is 4.18. The molecule has 0 saturated carbocycles. The van der Waals surface area contributed by atoms with Crippen molar-refractivity contribution in [2.24, 2.45) is 5.73 Å². The number of benzene rings is 2. The van der Waals surface area contributed by atoms with Gasteiger partial charge in [0.2, 0.25) is 0 Å². The lowest BCUT2D eigenvalue weighted by atomic mass is 10.00. The van der Waals surface area contributed by atoms with Crippen molar-refractivity contribution in [3.63, 3.8) is 0 Å². The maximum Gasteiger partial charge on any atom is 0.117 e. The largest absolute Gasteiger partial charge is 0.508 e. The zero-order chi connectivity index (χ0) is 21.1. The summed E-state index contributed by atoms with van der Waals surface area (Å²) in [6.45, 7) is 5.91. The Morgan fingerprint density at radius 2 is 2.07 bits per heavy atom. The number of halogens is 1. The number of rotatable bonds is 7. The van der Waals surface area contributed by atoms with Crippen molar-refractivity contribution in [2.75, 3.05) is 24.2 Å². The van der Waals surface area contributed by atoms with E-state index < -0.39 is 0 Å². The predicted octanol–water partition coefficient (Wildman–Crippen LogP) is 5.67. The van der Waals surface area contributed by atoms with Gasteiger partial charge in [-0.15, -0.1) is 0 Å². The third-order valence-corrected chi connectivity index (χ3v) is 5.84. The summed E-state index contributed by atoms with van der Waals surface area (Å²) in [6.07, 6.45) is 3.42. The number of aliphatic hydroxyl groups is 1. The standard InChI is InChI=1S/C23H26FN3OS/c1-15-23(18-6-5-7-20(12-18)26(3)29-4)21-13-17(16(2)28)8-9-22(21)27(15)14-19(24)10-11-25/h5-10,12-13,28H,2,11,14,25H2,1,3-4H3/b19-10-. The van der Waals surface area contributed by atoms with E-state index in [1.54, 1.807) is 18.0 Å². The Morgan fingerprint density at radius 1 is 1.31 bits per heavy atom. The Hall–Kier alpha value is -2.70. The first-order chi connectivity index (χ1) is 13.9. The van der Waals surface area contributed by atoms with Gasteiger partial charge < -0.3 is 19.7 Å². The van der Waals surface area contributed by atoms with Gasteiger partial charge in [0, 0.05) is 53.3 Å². The third-order valence-electron chi connectivity index (χ3n) is 5.08. The van der Waals surface area contributed by atoms with E-state index in [-0.39, 0.29) is 24.7 Å². The average molecular weight is 412 g/mol. The zero-order valence-corrected chi connectivity index (χ0v) is 17.8. The summed E-state index contributed by atoms with van der Waals surface area (Å²) in [4.78, 5) is 0. The Labute approximate surface area is 175 Å². The first-order valence-electron chi connectivity index (χ1n) is 9.31. The number of hydrogen-bond donors (Lipinski definition) is 2. The van der Waals surface area contributed by atoms with Crippen LogP contribution in [0.5, 0.6) is 0 Å². The van der Waals surface area contributed by atoms with Crippen LogP contribution < -0.4 is 10.0 Å². The molecule has 6 heteroatoms. The quantitative estimate of drug-likeness (QED) is 0.388. The van der Waals surface area contributed by atoms with Crippen LogP contribution >= 0.6 is 11.9 Å². The van der Waals surface area contributed by atoms with Crippen molar-refractivity contribution >= 4 is 34.3 Å². The van der Waals surface area contributed by atoms with Crippen LogP contribution in [0.1, 0.15) is 11.3 Å². The van der Waals surface area contributed by atoms with E-state index in [2.05, 4.69) is 29.1 Å². The van der Waals surface area contributed by atoms with Crippen LogP contribution in [0.2, 0.25) is 0 Å². The van der Waals surface area contributed by atoms with Crippen LogP contribution in [0.15, 0.2) is 60.9 Å². The first-order valence-corrected chi connectivity index (χ1v) is 10.5. The second kappa shape index (κ2) is 8.76. The highest BCUT2D eigenvalue weighted by atomic mass is 32.2. The second-order valence-electron chi connectivity index (χ2n) is 6.84. The minimum atomic E-state index is -0.273. The molecule has 0 aliphatic heterocycles. The molecule has 0 unspecified atom stereocenters. The number of anilines is 1. The van der Waals surface area contributed by atoms with Crippen LogP contribution in [0.3, 0.4) is 0 Å². The summed E-state index contributed by atoms with van der Waals surface area (Å²) in [7, 11) is 2.01. The molecule has 0 aliphatic carbocycles. The van der Waals surface area contributed by atoms with Crippen LogP contribution in [-0.4, -0.2) is 29.5 Å². The van der Waals surface area contributed by atoms with E-state index in [1.807, 2.05) is 43.0 Å². The number of fused-ring (bicyclic) bond motifs is 1. The Balaban J connectivity index is 2.27. The molecule has 0 radical (unpaired) electrons. The van der Waals surface area contributed by atoms with Gasteiger partial charge in [0.15, 0.2) is 0 Å². The van der Waals surface area contributed by atoms with Gasteiger partial charge in [0.25, 0.3) is 0 Å². The average Bonchev–Trinajstić information content (AvgIpc) is 2.98. The maximum atomic E-state index is 14.3. The lowest BCUT2D eigenvalue weighted by Crippen LogP contribution is -2.05. The fraction of sp³-hybridized carbons (Fsp3) is 0.217. The monoisotopic (exact) mass is 411 g/mol. The minimum absolute atomic E-state index is 0.00771. The first kappa shape index (κ1) is 21.0. The van der Waals surface area contributed by atoms with E-state index in [9.17, 15) is 9.50 Å². The fourth-order valence-electron chi connectivity index (χ4n) is 3.54. The lowest BCUT2D eigenvalue weighted by molar-refractivity contribution is 0.514. The summed E-state index contributed by atoms with van der Waals surface area (Å²) in [5.74, 6) is -0.265. The number of hydrogen-bond acceptors (Lipinski definition) is 4. The molecular weight excluding hydrogens is 385 g/mol. The van der Waals surface area contributed by atoms with Crippen LogP contribution in [0.4, 0.5) is 10.1 Å². The van der Waals surface area contributed by atoms with Crippen molar-refractivity contribution < 1.29 is 9.50 Å². The lowest BCUT2D eigenvalue weighted by Gasteiger charge is -2.16. The van der Waals surface area contributed by atoms with Crippen LogP contribution in [-0.2, 0) is 6.54 Å². The van der Waals surface area contributed by atoms with Crippen molar-refractivity contribution in [1.82, 2.24) is 4.57 Å². The minimum Gasteiger partial charge on any atom is -0.508 e. The number of nitrogens with two attached hydrogens (primary N) is 1.